The fourth-order valence-electron chi connectivity index (χ4n) is 1.95. The third-order valence-corrected chi connectivity index (χ3v) is 2.95. The second-order valence-electron chi connectivity index (χ2n) is 4.17. The molecule has 0 saturated carbocycles. The zero-order valence-corrected chi connectivity index (χ0v) is 12.4. The van der Waals surface area contributed by atoms with Crippen LogP contribution in [0.25, 0.3) is 0 Å². The largest absolute Gasteiger partial charge is 0.394 e. The fourth-order valence-corrected chi connectivity index (χ4v) is 1.95. The topological polar surface area (TPSA) is 114 Å². The van der Waals surface area contributed by atoms with Gasteiger partial charge >= 0.3 is 5.69 Å². The van der Waals surface area contributed by atoms with E-state index < -0.39 is 29.7 Å². The van der Waals surface area contributed by atoms with E-state index in [-0.39, 0.29) is 33.1 Å². The average Bonchev–Trinajstić information content (AvgIpc) is 2.76. The Kier molecular flexibility index (Phi) is 5.60. The van der Waals surface area contributed by atoms with Gasteiger partial charge in [-0.2, -0.15) is 0 Å². The van der Waals surface area contributed by atoms with Gasteiger partial charge in [-0.1, -0.05) is 0 Å². The minimum absolute atomic E-state index is 0. The molecule has 19 heavy (non-hydrogen) atoms. The molecule has 2 heterocycles. The van der Waals surface area contributed by atoms with E-state index in [1.54, 1.807) is 6.92 Å². The van der Waals surface area contributed by atoms with Crippen LogP contribution >= 0.6 is 0 Å². The smallest absolute Gasteiger partial charge is 0.330 e. The van der Waals surface area contributed by atoms with Crippen molar-refractivity contribution < 1.29 is 40.1 Å². The number of ether oxygens (including phenoxy) is 1. The van der Waals surface area contributed by atoms with E-state index in [0.29, 0.717) is 5.56 Å². The van der Waals surface area contributed by atoms with E-state index in [1.165, 1.54) is 10.8 Å². The van der Waals surface area contributed by atoms with Crippen LogP contribution in [0, 0.1) is 6.92 Å². The number of aromatic amines is 1. The molecule has 109 valence electrons. The monoisotopic (exact) mass is 451 g/mol. The van der Waals surface area contributed by atoms with Gasteiger partial charge in [0.2, 0.25) is 0 Å². The van der Waals surface area contributed by atoms with Gasteiger partial charge in [-0.15, -0.1) is 0 Å². The number of hydrogen-bond acceptors (Lipinski definition) is 6. The number of nitrogens with zero attached hydrogens (tertiary/aromatic N) is 1. The molecule has 1 aromatic heterocycles. The quantitative estimate of drug-likeness (QED) is 0.401. The first kappa shape index (κ1) is 16.2. The second kappa shape index (κ2) is 6.55. The first-order valence-electron chi connectivity index (χ1n) is 5.45. The summed E-state index contributed by atoms with van der Waals surface area (Å²) in [6.45, 7) is 1.23. The Labute approximate surface area is 121 Å². The van der Waals surface area contributed by atoms with Crippen LogP contribution in [0.5, 0.6) is 0 Å². The molecule has 0 amide bonds. The zero-order valence-electron chi connectivity index (χ0n) is 10.0. The molecule has 1 aliphatic heterocycles. The molecule has 1 fully saturated rings. The average molecular weight is 450 g/mol. The molecule has 1 aromatic rings. The maximum atomic E-state index is 11.6. The summed E-state index contributed by atoms with van der Waals surface area (Å²) in [5.74, 6) is 0. The summed E-state index contributed by atoms with van der Waals surface area (Å²) in [4.78, 5) is 29.2. The van der Waals surface area contributed by atoms with Crippen molar-refractivity contribution in [1.29, 1.82) is 0 Å². The van der Waals surface area contributed by atoms with E-state index in [1.807, 2.05) is 0 Å². The summed E-state index contributed by atoms with van der Waals surface area (Å²) >= 11 is 0. The van der Waals surface area contributed by atoms with Crippen LogP contribution in [0.3, 0.4) is 0 Å². The molecule has 2 rings (SSSR count). The first-order valence-corrected chi connectivity index (χ1v) is 5.45. The predicted octanol–water partition coefficient (Wildman–Crippen LogP) is -1.02. The SMILES string of the molecule is Cc1cn(C2CC(OO)C(CO)O2)c(=O)[nH]c1=O.[Ir]. The number of nitrogens with one attached hydrogen (secondary N) is 1. The van der Waals surface area contributed by atoms with Crippen LogP contribution in [0.1, 0.15) is 18.2 Å². The van der Waals surface area contributed by atoms with Crippen molar-refractivity contribution in [3.05, 3.63) is 32.6 Å². The summed E-state index contributed by atoms with van der Waals surface area (Å²) < 4.78 is 6.59. The van der Waals surface area contributed by atoms with Gasteiger partial charge in [-0.25, -0.2) is 9.68 Å². The molecule has 3 unspecified atom stereocenters. The van der Waals surface area contributed by atoms with Crippen molar-refractivity contribution in [2.24, 2.45) is 0 Å². The fraction of sp³-hybridized carbons (Fsp3) is 0.600. The molecule has 1 aliphatic rings. The summed E-state index contributed by atoms with van der Waals surface area (Å²) in [7, 11) is 0. The minimum atomic E-state index is -0.709. The number of H-pyrrole nitrogens is 1. The molecular weight excluding hydrogens is 436 g/mol. The van der Waals surface area contributed by atoms with E-state index in [4.69, 9.17) is 15.1 Å². The number of hydrogen-bond donors (Lipinski definition) is 3. The van der Waals surface area contributed by atoms with Gasteiger partial charge in [-0.3, -0.25) is 19.6 Å². The molecule has 1 saturated heterocycles. The number of aryl methyl sites for hydroxylation is 1. The Morgan fingerprint density at radius 2 is 2.26 bits per heavy atom. The van der Waals surface area contributed by atoms with Crippen LogP contribution in [0.4, 0.5) is 0 Å². The zero-order chi connectivity index (χ0) is 13.3. The van der Waals surface area contributed by atoms with E-state index >= 15 is 0 Å². The third kappa shape index (κ3) is 3.19. The van der Waals surface area contributed by atoms with Crippen molar-refractivity contribution in [2.45, 2.75) is 31.8 Å². The number of rotatable bonds is 3. The van der Waals surface area contributed by atoms with Crippen LogP contribution in [0.2, 0.25) is 0 Å². The Balaban J connectivity index is 0.00000180. The van der Waals surface area contributed by atoms with Crippen LogP contribution in [0.15, 0.2) is 15.8 Å². The van der Waals surface area contributed by atoms with Crippen molar-refractivity contribution in [3.8, 4) is 0 Å². The number of aromatic nitrogens is 2. The van der Waals surface area contributed by atoms with Crippen LogP contribution in [-0.2, 0) is 29.7 Å². The van der Waals surface area contributed by atoms with Gasteiger partial charge in [0.15, 0.2) is 0 Å². The van der Waals surface area contributed by atoms with Crippen LogP contribution in [-0.4, -0.2) is 38.7 Å². The molecule has 8 nitrogen and oxygen atoms in total. The predicted molar refractivity (Wildman–Crippen MR) is 59.2 cm³/mol. The normalized spacial score (nSPS) is 26.2. The Morgan fingerprint density at radius 3 is 2.79 bits per heavy atom. The summed E-state index contributed by atoms with van der Waals surface area (Å²) in [5, 5.41) is 17.7. The maximum Gasteiger partial charge on any atom is 0.330 e. The molecule has 0 spiro atoms. The van der Waals surface area contributed by atoms with Crippen LogP contribution < -0.4 is 11.2 Å². The Bertz CT molecular complexity index is 530. The van der Waals surface area contributed by atoms with Crippen molar-refractivity contribution in [3.63, 3.8) is 0 Å². The second-order valence-corrected chi connectivity index (χ2v) is 4.17. The van der Waals surface area contributed by atoms with Gasteiger partial charge in [0.05, 0.1) is 6.61 Å². The first-order chi connectivity index (χ1) is 8.56. The van der Waals surface area contributed by atoms with Gasteiger partial charge in [0, 0.05) is 38.3 Å². The van der Waals surface area contributed by atoms with Gasteiger partial charge in [-0.05, 0) is 6.92 Å². The molecule has 3 atom stereocenters. The van der Waals surface area contributed by atoms with Crippen molar-refractivity contribution in [2.75, 3.05) is 6.61 Å². The van der Waals surface area contributed by atoms with Gasteiger partial charge in [0.25, 0.3) is 5.56 Å². The van der Waals surface area contributed by atoms with Crippen molar-refractivity contribution >= 4 is 0 Å². The van der Waals surface area contributed by atoms with E-state index in [0.717, 1.165) is 0 Å². The number of aliphatic hydroxyl groups is 1. The molecule has 3 N–H and O–H groups in total. The minimum Gasteiger partial charge on any atom is -0.394 e. The molecular formula is C10H14IrN2O6. The van der Waals surface area contributed by atoms with E-state index in [2.05, 4.69) is 9.87 Å². The molecule has 1 radical (unpaired) electrons. The van der Waals surface area contributed by atoms with Gasteiger partial charge in [0.1, 0.15) is 18.4 Å². The van der Waals surface area contributed by atoms with Gasteiger partial charge < -0.3 is 9.84 Å². The summed E-state index contributed by atoms with van der Waals surface area (Å²) in [5.41, 5.74) is -0.694. The Morgan fingerprint density at radius 1 is 1.58 bits per heavy atom. The molecule has 0 aliphatic carbocycles. The Hall–Kier alpha value is -0.831. The number of aliphatic hydroxyl groups excluding tert-OH is 1. The summed E-state index contributed by atoms with van der Waals surface area (Å²) in [6.07, 6.45) is -0.534. The maximum absolute atomic E-state index is 11.6. The van der Waals surface area contributed by atoms with Crippen molar-refractivity contribution in [1.82, 2.24) is 9.55 Å². The standard InChI is InChI=1S/C10H14N2O6.Ir/c1-5-3-12(10(15)11-9(5)14)8-2-6(18-16)7(4-13)17-8;/h3,6-8,13,16H,2,4H2,1H3,(H,11,14,15);. The molecule has 0 bridgehead atoms. The summed E-state index contributed by atoms with van der Waals surface area (Å²) in [6, 6.07) is 0. The molecule has 0 aromatic carbocycles. The molecule has 9 heteroatoms. The third-order valence-electron chi connectivity index (χ3n) is 2.95. The van der Waals surface area contributed by atoms with E-state index in [9.17, 15) is 9.59 Å².